The van der Waals surface area contributed by atoms with Crippen molar-refractivity contribution in [2.75, 3.05) is 5.32 Å². The minimum atomic E-state index is -1.13. The van der Waals surface area contributed by atoms with Crippen LogP contribution in [0, 0.1) is 0 Å². The molecule has 1 rings (SSSR count). The molecule has 0 spiro atoms. The summed E-state index contributed by atoms with van der Waals surface area (Å²) in [5, 5.41) is 21.2. The van der Waals surface area contributed by atoms with Crippen LogP contribution < -0.4 is 5.32 Å². The topological polar surface area (TPSA) is 69.6 Å². The van der Waals surface area contributed by atoms with Gasteiger partial charge in [0.15, 0.2) is 0 Å². The van der Waals surface area contributed by atoms with Crippen LogP contribution in [-0.2, 0) is 0 Å². The van der Waals surface area contributed by atoms with Crippen LogP contribution in [0.2, 0.25) is 0 Å². The van der Waals surface area contributed by atoms with Crippen LogP contribution in [-0.4, -0.2) is 21.7 Å². The lowest BCUT2D eigenvalue weighted by molar-refractivity contribution is 0.0694. The highest BCUT2D eigenvalue weighted by molar-refractivity contribution is 5.92. The molecule has 1 aromatic rings. The monoisotopic (exact) mass is 209 g/mol. The molecule has 0 saturated carbocycles. The summed E-state index contributed by atoms with van der Waals surface area (Å²) < 4.78 is 0. The molecule has 0 aliphatic carbocycles. The molecule has 0 aliphatic rings. The van der Waals surface area contributed by atoms with E-state index in [1.807, 2.05) is 20.8 Å². The van der Waals surface area contributed by atoms with Gasteiger partial charge in [0, 0.05) is 11.2 Å². The molecule has 0 atom stereocenters. The van der Waals surface area contributed by atoms with E-state index in [1.54, 1.807) is 6.07 Å². The van der Waals surface area contributed by atoms with Crippen molar-refractivity contribution in [2.45, 2.75) is 26.3 Å². The number of carboxylic acids is 1. The minimum absolute atomic E-state index is 0.0933. The van der Waals surface area contributed by atoms with Crippen molar-refractivity contribution in [3.8, 4) is 5.75 Å². The number of phenols is 1. The molecule has 0 unspecified atom stereocenters. The molecule has 0 aromatic heterocycles. The van der Waals surface area contributed by atoms with E-state index in [9.17, 15) is 9.90 Å². The Morgan fingerprint density at radius 1 is 1.33 bits per heavy atom. The zero-order valence-corrected chi connectivity index (χ0v) is 9.03. The molecule has 0 aliphatic heterocycles. The summed E-state index contributed by atoms with van der Waals surface area (Å²) in [5.41, 5.74) is 0.439. The fourth-order valence-corrected chi connectivity index (χ4v) is 1.22. The normalized spacial score (nSPS) is 11.1. The summed E-state index contributed by atoms with van der Waals surface area (Å²) in [6.45, 7) is 5.92. The third-order valence-corrected chi connectivity index (χ3v) is 1.75. The van der Waals surface area contributed by atoms with E-state index in [0.717, 1.165) is 0 Å². The Labute approximate surface area is 88.6 Å². The van der Waals surface area contributed by atoms with Crippen molar-refractivity contribution in [3.63, 3.8) is 0 Å². The van der Waals surface area contributed by atoms with Gasteiger partial charge in [-0.1, -0.05) is 0 Å². The number of carbonyl (C=O) groups is 1. The van der Waals surface area contributed by atoms with Crippen molar-refractivity contribution >= 4 is 11.7 Å². The Kier molecular flexibility index (Phi) is 2.88. The first-order valence-corrected chi connectivity index (χ1v) is 4.64. The molecular weight excluding hydrogens is 194 g/mol. The summed E-state index contributed by atoms with van der Waals surface area (Å²) in [5.74, 6) is -1.35. The molecule has 0 saturated heterocycles. The number of benzene rings is 1. The van der Waals surface area contributed by atoms with Crippen LogP contribution in [0.1, 0.15) is 31.1 Å². The summed E-state index contributed by atoms with van der Waals surface area (Å²) >= 11 is 0. The van der Waals surface area contributed by atoms with Gasteiger partial charge in [0.1, 0.15) is 11.3 Å². The maximum absolute atomic E-state index is 10.8. The summed E-state index contributed by atoms with van der Waals surface area (Å²) in [6, 6.07) is 4.44. The van der Waals surface area contributed by atoms with E-state index in [0.29, 0.717) is 5.69 Å². The molecule has 0 fully saturated rings. The van der Waals surface area contributed by atoms with Crippen LogP contribution in [0.15, 0.2) is 18.2 Å². The molecule has 0 amide bonds. The predicted molar refractivity (Wildman–Crippen MR) is 58.4 cm³/mol. The maximum Gasteiger partial charge on any atom is 0.339 e. The molecule has 4 heteroatoms. The van der Waals surface area contributed by atoms with Crippen molar-refractivity contribution in [1.82, 2.24) is 0 Å². The smallest absolute Gasteiger partial charge is 0.339 e. The van der Waals surface area contributed by atoms with Crippen molar-refractivity contribution < 1.29 is 15.0 Å². The lowest BCUT2D eigenvalue weighted by atomic mass is 10.1. The number of aromatic carboxylic acids is 1. The highest BCUT2D eigenvalue weighted by Crippen LogP contribution is 2.23. The van der Waals surface area contributed by atoms with Gasteiger partial charge >= 0.3 is 5.97 Å². The number of aromatic hydroxyl groups is 1. The number of rotatable bonds is 2. The van der Waals surface area contributed by atoms with Crippen molar-refractivity contribution in [3.05, 3.63) is 23.8 Å². The van der Waals surface area contributed by atoms with E-state index >= 15 is 0 Å². The third-order valence-electron chi connectivity index (χ3n) is 1.75. The quantitative estimate of drug-likeness (QED) is 0.654. The minimum Gasteiger partial charge on any atom is -0.507 e. The Bertz CT molecular complexity index is 380. The van der Waals surface area contributed by atoms with E-state index in [4.69, 9.17) is 5.11 Å². The Hall–Kier alpha value is -1.71. The van der Waals surface area contributed by atoms with Gasteiger partial charge in [-0.3, -0.25) is 0 Å². The summed E-state index contributed by atoms with van der Waals surface area (Å²) in [4.78, 5) is 10.8. The van der Waals surface area contributed by atoms with Crippen LogP contribution in [0.25, 0.3) is 0 Å². The highest BCUT2D eigenvalue weighted by Gasteiger charge is 2.13. The predicted octanol–water partition coefficient (Wildman–Crippen LogP) is 2.30. The molecule has 82 valence electrons. The Morgan fingerprint density at radius 2 is 1.93 bits per heavy atom. The summed E-state index contributed by atoms with van der Waals surface area (Å²) in [7, 11) is 0. The van der Waals surface area contributed by atoms with E-state index in [-0.39, 0.29) is 16.9 Å². The van der Waals surface area contributed by atoms with Gasteiger partial charge < -0.3 is 15.5 Å². The van der Waals surface area contributed by atoms with Crippen molar-refractivity contribution in [1.29, 1.82) is 0 Å². The Balaban J connectivity index is 3.03. The highest BCUT2D eigenvalue weighted by atomic mass is 16.4. The van der Waals surface area contributed by atoms with Gasteiger partial charge in [-0.05, 0) is 39.0 Å². The van der Waals surface area contributed by atoms with Gasteiger partial charge in [-0.25, -0.2) is 4.79 Å². The lowest BCUT2D eigenvalue weighted by Crippen LogP contribution is -2.26. The number of hydrogen-bond donors (Lipinski definition) is 3. The van der Waals surface area contributed by atoms with Gasteiger partial charge in [0.2, 0.25) is 0 Å². The third kappa shape index (κ3) is 3.16. The molecule has 0 heterocycles. The second kappa shape index (κ2) is 3.81. The van der Waals surface area contributed by atoms with E-state index in [2.05, 4.69) is 5.32 Å². The second-order valence-electron chi connectivity index (χ2n) is 4.41. The number of nitrogens with one attached hydrogen (secondary N) is 1. The zero-order chi connectivity index (χ0) is 11.6. The fraction of sp³-hybridized carbons (Fsp3) is 0.364. The fourth-order valence-electron chi connectivity index (χ4n) is 1.22. The average Bonchev–Trinajstić information content (AvgIpc) is 2.05. The molecule has 0 bridgehead atoms. The lowest BCUT2D eigenvalue weighted by Gasteiger charge is -2.22. The summed E-state index contributed by atoms with van der Waals surface area (Å²) in [6.07, 6.45) is 0. The van der Waals surface area contributed by atoms with Crippen LogP contribution in [0.3, 0.4) is 0 Å². The number of carboxylic acid groups (broad SMARTS) is 1. The van der Waals surface area contributed by atoms with Gasteiger partial charge in [0.25, 0.3) is 0 Å². The van der Waals surface area contributed by atoms with E-state index < -0.39 is 5.97 Å². The van der Waals surface area contributed by atoms with Crippen LogP contribution in [0.5, 0.6) is 5.75 Å². The first-order valence-electron chi connectivity index (χ1n) is 4.64. The van der Waals surface area contributed by atoms with Gasteiger partial charge in [-0.2, -0.15) is 0 Å². The van der Waals surface area contributed by atoms with Crippen molar-refractivity contribution in [2.24, 2.45) is 0 Å². The standard InChI is InChI=1S/C11H15NO3/c1-11(2,3)12-7-4-5-9(13)8(6-7)10(14)15/h4-6,12-13H,1-3H3,(H,14,15). The van der Waals surface area contributed by atoms with Crippen LogP contribution >= 0.6 is 0 Å². The number of hydrogen-bond acceptors (Lipinski definition) is 3. The largest absolute Gasteiger partial charge is 0.507 e. The molecular formula is C11H15NO3. The molecule has 3 N–H and O–H groups in total. The molecule has 15 heavy (non-hydrogen) atoms. The molecule has 4 nitrogen and oxygen atoms in total. The SMILES string of the molecule is CC(C)(C)Nc1ccc(O)c(C(=O)O)c1. The second-order valence-corrected chi connectivity index (χ2v) is 4.41. The van der Waals surface area contributed by atoms with Gasteiger partial charge in [-0.15, -0.1) is 0 Å². The first kappa shape index (κ1) is 11.4. The van der Waals surface area contributed by atoms with E-state index in [1.165, 1.54) is 12.1 Å². The first-order chi connectivity index (χ1) is 6.79. The number of anilines is 1. The molecule has 1 aromatic carbocycles. The Morgan fingerprint density at radius 3 is 2.40 bits per heavy atom. The maximum atomic E-state index is 10.8. The average molecular weight is 209 g/mol. The zero-order valence-electron chi connectivity index (χ0n) is 9.03. The van der Waals surface area contributed by atoms with Gasteiger partial charge in [0.05, 0.1) is 0 Å². The molecule has 0 radical (unpaired) electrons. The van der Waals surface area contributed by atoms with Crippen LogP contribution in [0.4, 0.5) is 5.69 Å².